The molecule has 178 valence electrons. The van der Waals surface area contributed by atoms with Crippen molar-refractivity contribution < 1.29 is 42.4 Å². The van der Waals surface area contributed by atoms with Gasteiger partial charge in [0.25, 0.3) is 0 Å². The van der Waals surface area contributed by atoms with Crippen LogP contribution in [0.5, 0.6) is 11.5 Å². The standard InChI is InChI=1S/C22H22F3NO6S/c23-22(24,25)32-13-4-1-3-12(9-13)30-8-2-5-14-15-6-7-18(31-19(15)10-17(14)27)20-26-16(11-33-20)21(28)29/h1-5,9,11,14-15,17-19,27H,6-8,10H2,(H,28,29)/b5-2+/t14-,15-,17-,18-,19+/m1/s1. The van der Waals surface area contributed by atoms with Crippen molar-refractivity contribution in [3.8, 4) is 11.5 Å². The second-order valence-electron chi connectivity index (χ2n) is 7.92. The highest BCUT2D eigenvalue weighted by Gasteiger charge is 2.45. The first-order valence-corrected chi connectivity index (χ1v) is 11.2. The molecule has 2 heterocycles. The predicted molar refractivity (Wildman–Crippen MR) is 111 cm³/mol. The minimum atomic E-state index is -4.77. The minimum Gasteiger partial charge on any atom is -0.489 e. The number of fused-ring (bicyclic) bond motifs is 1. The predicted octanol–water partition coefficient (Wildman–Crippen LogP) is 4.59. The molecule has 1 saturated carbocycles. The van der Waals surface area contributed by atoms with E-state index in [1.54, 1.807) is 6.08 Å². The number of aliphatic hydroxyl groups is 1. The van der Waals surface area contributed by atoms with Gasteiger partial charge >= 0.3 is 12.3 Å². The summed E-state index contributed by atoms with van der Waals surface area (Å²) in [5.74, 6) is -1.23. The molecular weight excluding hydrogens is 463 g/mol. The number of rotatable bonds is 7. The Labute approximate surface area is 191 Å². The van der Waals surface area contributed by atoms with Gasteiger partial charge in [-0.1, -0.05) is 18.2 Å². The molecule has 2 aromatic rings. The summed E-state index contributed by atoms with van der Waals surface area (Å²) < 4.78 is 52.5. The summed E-state index contributed by atoms with van der Waals surface area (Å²) in [7, 11) is 0. The van der Waals surface area contributed by atoms with E-state index in [2.05, 4.69) is 9.72 Å². The Balaban J connectivity index is 1.31. The van der Waals surface area contributed by atoms with Crippen LogP contribution in [0.25, 0.3) is 0 Å². The number of alkyl halides is 3. The first-order valence-electron chi connectivity index (χ1n) is 10.4. The monoisotopic (exact) mass is 485 g/mol. The summed E-state index contributed by atoms with van der Waals surface area (Å²) in [4.78, 5) is 15.2. The minimum absolute atomic E-state index is 0.00324. The van der Waals surface area contributed by atoms with Gasteiger partial charge < -0.3 is 24.4 Å². The van der Waals surface area contributed by atoms with Gasteiger partial charge in [-0.15, -0.1) is 24.5 Å². The Morgan fingerprint density at radius 2 is 2.09 bits per heavy atom. The fourth-order valence-electron chi connectivity index (χ4n) is 4.37. The van der Waals surface area contributed by atoms with Gasteiger partial charge in [0.2, 0.25) is 0 Å². The number of nitrogens with zero attached hydrogens (tertiary/aromatic N) is 1. The van der Waals surface area contributed by atoms with Crippen molar-refractivity contribution in [3.05, 3.63) is 52.5 Å². The van der Waals surface area contributed by atoms with Crippen LogP contribution in [0.1, 0.15) is 40.9 Å². The summed E-state index contributed by atoms with van der Waals surface area (Å²) in [6.07, 6.45) is -0.284. The van der Waals surface area contributed by atoms with E-state index < -0.39 is 18.4 Å². The van der Waals surface area contributed by atoms with E-state index in [9.17, 15) is 23.1 Å². The zero-order chi connectivity index (χ0) is 23.6. The van der Waals surface area contributed by atoms with Gasteiger partial charge in [-0.3, -0.25) is 0 Å². The Morgan fingerprint density at radius 3 is 2.82 bits per heavy atom. The lowest BCUT2D eigenvalue weighted by molar-refractivity contribution is -0.274. The molecular formula is C22H22F3NO6S. The van der Waals surface area contributed by atoms with Crippen molar-refractivity contribution >= 4 is 17.3 Å². The fraction of sp³-hybridized carbons (Fsp3) is 0.455. The van der Waals surface area contributed by atoms with Crippen molar-refractivity contribution in [1.82, 2.24) is 4.98 Å². The topological polar surface area (TPSA) is 98.1 Å². The molecule has 1 aliphatic heterocycles. The van der Waals surface area contributed by atoms with E-state index in [-0.39, 0.29) is 47.8 Å². The normalized spacial score (nSPS) is 27.5. The second kappa shape index (κ2) is 9.70. The zero-order valence-corrected chi connectivity index (χ0v) is 18.1. The quantitative estimate of drug-likeness (QED) is 0.554. The maximum Gasteiger partial charge on any atom is 0.573 e. The smallest absolute Gasteiger partial charge is 0.489 e. The lowest BCUT2D eigenvalue weighted by Crippen LogP contribution is -2.30. The van der Waals surface area contributed by atoms with Crippen molar-refractivity contribution in [2.75, 3.05) is 6.61 Å². The number of thiazole rings is 1. The molecule has 2 fully saturated rings. The molecule has 7 nitrogen and oxygen atoms in total. The fourth-order valence-corrected chi connectivity index (χ4v) is 5.23. The van der Waals surface area contributed by atoms with Crippen molar-refractivity contribution in [3.63, 3.8) is 0 Å². The number of aromatic carboxylic acids is 1. The molecule has 0 unspecified atom stereocenters. The summed E-state index contributed by atoms with van der Waals surface area (Å²) >= 11 is 1.26. The van der Waals surface area contributed by atoms with Crippen LogP contribution in [0.2, 0.25) is 0 Å². The third kappa shape index (κ3) is 5.84. The van der Waals surface area contributed by atoms with Crippen molar-refractivity contribution in [1.29, 1.82) is 0 Å². The molecule has 5 atom stereocenters. The number of aromatic nitrogens is 1. The van der Waals surface area contributed by atoms with Crippen LogP contribution in [0, 0.1) is 11.8 Å². The number of benzene rings is 1. The van der Waals surface area contributed by atoms with Crippen LogP contribution in [-0.2, 0) is 4.74 Å². The Kier molecular flexibility index (Phi) is 6.91. The maximum absolute atomic E-state index is 12.3. The second-order valence-corrected chi connectivity index (χ2v) is 8.81. The van der Waals surface area contributed by atoms with E-state index >= 15 is 0 Å². The van der Waals surface area contributed by atoms with E-state index in [0.717, 1.165) is 12.5 Å². The van der Waals surface area contributed by atoms with E-state index in [0.29, 0.717) is 17.8 Å². The molecule has 1 aliphatic carbocycles. The summed E-state index contributed by atoms with van der Waals surface area (Å²) in [6, 6.07) is 5.28. The number of carboxylic acid groups (broad SMARTS) is 1. The molecule has 4 rings (SSSR count). The summed E-state index contributed by atoms with van der Waals surface area (Å²) in [6.45, 7) is 0.122. The van der Waals surface area contributed by atoms with Crippen LogP contribution in [0.3, 0.4) is 0 Å². The van der Waals surface area contributed by atoms with Gasteiger partial charge in [-0.2, -0.15) is 0 Å². The highest BCUT2D eigenvalue weighted by Crippen LogP contribution is 2.46. The molecule has 1 aromatic heterocycles. The van der Waals surface area contributed by atoms with Gasteiger partial charge in [-0.25, -0.2) is 9.78 Å². The van der Waals surface area contributed by atoms with Gasteiger partial charge in [0.1, 0.15) is 29.2 Å². The highest BCUT2D eigenvalue weighted by atomic mass is 32.1. The number of hydrogen-bond acceptors (Lipinski definition) is 7. The molecule has 0 bridgehead atoms. The van der Waals surface area contributed by atoms with E-state index in [4.69, 9.17) is 14.6 Å². The first-order chi connectivity index (χ1) is 15.7. The van der Waals surface area contributed by atoms with Crippen LogP contribution in [-0.4, -0.2) is 46.3 Å². The Hall–Kier alpha value is -2.63. The SMILES string of the molecule is O=C(O)c1csc([C@H]2CC[C@@H]3[C@@H](/C=C/COc4cccc(OC(F)(F)F)c4)[C@H](O)C[C@@H]3O2)n1. The molecule has 0 radical (unpaired) electrons. The molecule has 0 spiro atoms. The van der Waals surface area contributed by atoms with Crippen LogP contribution in [0.15, 0.2) is 41.8 Å². The number of halogens is 3. The number of hydrogen-bond donors (Lipinski definition) is 2. The van der Waals surface area contributed by atoms with Gasteiger partial charge in [0.05, 0.1) is 12.2 Å². The zero-order valence-electron chi connectivity index (χ0n) is 17.3. The number of ether oxygens (including phenoxy) is 3. The number of carboxylic acids is 1. The van der Waals surface area contributed by atoms with Crippen molar-refractivity contribution in [2.24, 2.45) is 11.8 Å². The average Bonchev–Trinajstić information content (AvgIpc) is 3.35. The van der Waals surface area contributed by atoms with Crippen molar-refractivity contribution in [2.45, 2.75) is 43.9 Å². The highest BCUT2D eigenvalue weighted by molar-refractivity contribution is 7.09. The maximum atomic E-state index is 12.3. The van der Waals surface area contributed by atoms with E-state index in [1.165, 1.54) is 34.9 Å². The van der Waals surface area contributed by atoms with Crippen LogP contribution in [0.4, 0.5) is 13.2 Å². The Morgan fingerprint density at radius 1 is 1.30 bits per heavy atom. The molecule has 1 saturated heterocycles. The molecule has 0 amide bonds. The first kappa shape index (κ1) is 23.5. The lowest BCUT2D eigenvalue weighted by Gasteiger charge is -2.33. The van der Waals surface area contributed by atoms with Gasteiger partial charge in [0.15, 0.2) is 5.69 Å². The third-order valence-corrected chi connectivity index (χ3v) is 6.69. The summed E-state index contributed by atoms with van der Waals surface area (Å²) in [5, 5.41) is 21.7. The average molecular weight is 485 g/mol. The number of carbonyl (C=O) groups is 1. The van der Waals surface area contributed by atoms with E-state index in [1.807, 2.05) is 6.08 Å². The molecule has 2 N–H and O–H groups in total. The summed E-state index contributed by atoms with van der Waals surface area (Å²) in [5.41, 5.74) is 0.00324. The number of aliphatic hydroxyl groups excluding tert-OH is 1. The van der Waals surface area contributed by atoms with Gasteiger partial charge in [-0.05, 0) is 30.9 Å². The molecule has 33 heavy (non-hydrogen) atoms. The third-order valence-electron chi connectivity index (χ3n) is 5.75. The molecule has 11 heteroatoms. The molecule has 2 aliphatic rings. The molecule has 1 aromatic carbocycles. The largest absolute Gasteiger partial charge is 0.573 e. The Bertz CT molecular complexity index is 1010. The lowest BCUT2D eigenvalue weighted by atomic mass is 9.86. The van der Waals surface area contributed by atoms with Crippen LogP contribution < -0.4 is 9.47 Å². The van der Waals surface area contributed by atoms with Crippen LogP contribution >= 0.6 is 11.3 Å². The van der Waals surface area contributed by atoms with Gasteiger partial charge in [0, 0.05) is 23.8 Å².